The SMILES string of the molecule is Cc1cc(C(=O)N2CCNCC2)c(O)c(C(C)(C)C)c1. The molecule has 1 aliphatic rings. The van der Waals surface area contributed by atoms with Gasteiger partial charge < -0.3 is 15.3 Å². The highest BCUT2D eigenvalue weighted by Crippen LogP contribution is 2.34. The standard InChI is InChI=1S/C16H24N2O2/c1-11-9-12(14(19)13(10-11)16(2,3)4)15(20)18-7-5-17-6-8-18/h9-10,17,19H,5-8H2,1-4H3. The average molecular weight is 276 g/mol. The van der Waals surface area contributed by atoms with Crippen LogP contribution in [0.5, 0.6) is 5.75 Å². The molecule has 20 heavy (non-hydrogen) atoms. The van der Waals surface area contributed by atoms with E-state index in [1.165, 1.54) is 0 Å². The van der Waals surface area contributed by atoms with Crippen molar-refractivity contribution in [3.63, 3.8) is 0 Å². The van der Waals surface area contributed by atoms with Crippen molar-refractivity contribution in [2.45, 2.75) is 33.1 Å². The van der Waals surface area contributed by atoms with Crippen LogP contribution < -0.4 is 5.32 Å². The number of rotatable bonds is 1. The molecule has 0 atom stereocenters. The molecule has 2 rings (SSSR count). The smallest absolute Gasteiger partial charge is 0.257 e. The maximum absolute atomic E-state index is 12.6. The summed E-state index contributed by atoms with van der Waals surface area (Å²) in [6.45, 7) is 11.1. The van der Waals surface area contributed by atoms with E-state index in [-0.39, 0.29) is 17.1 Å². The van der Waals surface area contributed by atoms with E-state index in [1.54, 1.807) is 11.0 Å². The number of aromatic hydroxyl groups is 1. The third kappa shape index (κ3) is 2.96. The van der Waals surface area contributed by atoms with E-state index in [4.69, 9.17) is 0 Å². The van der Waals surface area contributed by atoms with Crippen molar-refractivity contribution in [2.24, 2.45) is 0 Å². The third-order valence-electron chi connectivity index (χ3n) is 3.70. The van der Waals surface area contributed by atoms with Crippen LogP contribution in [-0.2, 0) is 5.41 Å². The number of carbonyl (C=O) groups excluding carboxylic acids is 1. The first-order valence-corrected chi connectivity index (χ1v) is 7.15. The molecule has 1 aliphatic heterocycles. The van der Waals surface area contributed by atoms with E-state index in [2.05, 4.69) is 5.32 Å². The number of hydrogen-bond donors (Lipinski definition) is 2. The maximum atomic E-state index is 12.6. The first-order valence-electron chi connectivity index (χ1n) is 7.15. The van der Waals surface area contributed by atoms with Crippen LogP contribution in [0.2, 0.25) is 0 Å². The van der Waals surface area contributed by atoms with E-state index < -0.39 is 0 Å². The number of hydrogen-bond acceptors (Lipinski definition) is 3. The molecule has 0 radical (unpaired) electrons. The number of phenols is 1. The number of phenolic OH excluding ortho intramolecular Hbond substituents is 1. The molecule has 110 valence electrons. The summed E-state index contributed by atoms with van der Waals surface area (Å²) in [5, 5.41) is 13.7. The lowest BCUT2D eigenvalue weighted by Gasteiger charge is -2.29. The molecule has 4 heteroatoms. The van der Waals surface area contributed by atoms with Crippen molar-refractivity contribution in [1.29, 1.82) is 0 Å². The van der Waals surface area contributed by atoms with Gasteiger partial charge in [0, 0.05) is 31.7 Å². The molecule has 0 saturated carbocycles. The van der Waals surface area contributed by atoms with Gasteiger partial charge in [0.1, 0.15) is 5.75 Å². The van der Waals surface area contributed by atoms with Crippen molar-refractivity contribution >= 4 is 5.91 Å². The fourth-order valence-corrected chi connectivity index (χ4v) is 2.55. The molecule has 0 unspecified atom stereocenters. The Bertz CT molecular complexity index is 512. The predicted octanol–water partition coefficient (Wildman–Crippen LogP) is 2.04. The molecule has 1 fully saturated rings. The summed E-state index contributed by atoms with van der Waals surface area (Å²) in [6.07, 6.45) is 0. The van der Waals surface area contributed by atoms with Crippen LogP contribution in [0.4, 0.5) is 0 Å². The number of amides is 1. The van der Waals surface area contributed by atoms with Crippen LogP contribution in [0.15, 0.2) is 12.1 Å². The van der Waals surface area contributed by atoms with Gasteiger partial charge in [-0.05, 0) is 24.0 Å². The summed E-state index contributed by atoms with van der Waals surface area (Å²) in [5.41, 5.74) is 2.08. The Morgan fingerprint density at radius 3 is 2.40 bits per heavy atom. The highest BCUT2D eigenvalue weighted by atomic mass is 16.3. The van der Waals surface area contributed by atoms with Crippen molar-refractivity contribution in [1.82, 2.24) is 10.2 Å². The van der Waals surface area contributed by atoms with Gasteiger partial charge in [-0.2, -0.15) is 0 Å². The van der Waals surface area contributed by atoms with Crippen LogP contribution in [0.1, 0.15) is 42.3 Å². The minimum absolute atomic E-state index is 0.0711. The maximum Gasteiger partial charge on any atom is 0.257 e. The molecule has 0 spiro atoms. The second-order valence-corrected chi connectivity index (χ2v) is 6.50. The number of carbonyl (C=O) groups is 1. The minimum Gasteiger partial charge on any atom is -0.507 e. The van der Waals surface area contributed by atoms with E-state index in [1.807, 2.05) is 33.8 Å². The minimum atomic E-state index is -0.186. The molecule has 1 aromatic rings. The van der Waals surface area contributed by atoms with Crippen LogP contribution in [-0.4, -0.2) is 42.1 Å². The summed E-state index contributed by atoms with van der Waals surface area (Å²) in [6, 6.07) is 3.75. The molecular weight excluding hydrogens is 252 g/mol. The van der Waals surface area contributed by atoms with Gasteiger partial charge in [-0.1, -0.05) is 26.8 Å². The molecule has 1 amide bonds. The zero-order chi connectivity index (χ0) is 14.9. The molecule has 0 bridgehead atoms. The lowest BCUT2D eigenvalue weighted by atomic mass is 9.84. The zero-order valence-corrected chi connectivity index (χ0v) is 12.8. The van der Waals surface area contributed by atoms with Gasteiger partial charge in [-0.25, -0.2) is 0 Å². The Balaban J connectivity index is 2.41. The fraction of sp³-hybridized carbons (Fsp3) is 0.562. The Morgan fingerprint density at radius 2 is 1.85 bits per heavy atom. The van der Waals surface area contributed by atoms with Crippen molar-refractivity contribution in [3.05, 3.63) is 28.8 Å². The average Bonchev–Trinajstić information content (AvgIpc) is 2.40. The normalized spacial score (nSPS) is 16.3. The second-order valence-electron chi connectivity index (χ2n) is 6.50. The van der Waals surface area contributed by atoms with Crippen molar-refractivity contribution in [3.8, 4) is 5.75 Å². The van der Waals surface area contributed by atoms with E-state index in [0.717, 1.165) is 24.2 Å². The van der Waals surface area contributed by atoms with Crippen LogP contribution in [0.3, 0.4) is 0 Å². The lowest BCUT2D eigenvalue weighted by Crippen LogP contribution is -2.46. The number of nitrogens with zero attached hydrogens (tertiary/aromatic N) is 1. The largest absolute Gasteiger partial charge is 0.507 e. The van der Waals surface area contributed by atoms with Crippen LogP contribution in [0.25, 0.3) is 0 Å². The molecule has 1 saturated heterocycles. The molecule has 2 N–H and O–H groups in total. The molecule has 1 heterocycles. The van der Waals surface area contributed by atoms with Gasteiger partial charge in [0.05, 0.1) is 5.56 Å². The Morgan fingerprint density at radius 1 is 1.25 bits per heavy atom. The summed E-state index contributed by atoms with van der Waals surface area (Å²) < 4.78 is 0. The van der Waals surface area contributed by atoms with E-state index >= 15 is 0 Å². The molecular formula is C16H24N2O2. The third-order valence-corrected chi connectivity index (χ3v) is 3.70. The number of aryl methyl sites for hydroxylation is 1. The quantitative estimate of drug-likeness (QED) is 0.825. The molecule has 4 nitrogen and oxygen atoms in total. The van der Waals surface area contributed by atoms with Gasteiger partial charge >= 0.3 is 0 Å². The Labute approximate surface area is 120 Å². The van der Waals surface area contributed by atoms with Gasteiger partial charge in [-0.15, -0.1) is 0 Å². The summed E-state index contributed by atoms with van der Waals surface area (Å²) in [5.74, 6) is 0.0600. The Hall–Kier alpha value is -1.55. The summed E-state index contributed by atoms with van der Waals surface area (Å²) >= 11 is 0. The predicted molar refractivity (Wildman–Crippen MR) is 80.3 cm³/mol. The molecule has 1 aromatic carbocycles. The van der Waals surface area contributed by atoms with E-state index in [9.17, 15) is 9.90 Å². The highest BCUT2D eigenvalue weighted by molar-refractivity contribution is 5.97. The summed E-state index contributed by atoms with van der Waals surface area (Å²) in [7, 11) is 0. The fourth-order valence-electron chi connectivity index (χ4n) is 2.55. The second kappa shape index (κ2) is 5.44. The summed E-state index contributed by atoms with van der Waals surface area (Å²) in [4.78, 5) is 14.4. The first kappa shape index (κ1) is 14.9. The first-order chi connectivity index (χ1) is 9.30. The Kier molecular flexibility index (Phi) is 4.04. The van der Waals surface area contributed by atoms with Crippen LogP contribution in [0, 0.1) is 6.92 Å². The van der Waals surface area contributed by atoms with E-state index in [0.29, 0.717) is 18.7 Å². The topological polar surface area (TPSA) is 52.6 Å². The monoisotopic (exact) mass is 276 g/mol. The van der Waals surface area contributed by atoms with Gasteiger partial charge in [-0.3, -0.25) is 4.79 Å². The highest BCUT2D eigenvalue weighted by Gasteiger charge is 2.26. The zero-order valence-electron chi connectivity index (χ0n) is 12.8. The van der Waals surface area contributed by atoms with Gasteiger partial charge in [0.25, 0.3) is 5.91 Å². The number of benzene rings is 1. The molecule has 0 aliphatic carbocycles. The molecule has 0 aromatic heterocycles. The van der Waals surface area contributed by atoms with Crippen LogP contribution >= 0.6 is 0 Å². The number of nitrogens with one attached hydrogen (secondary N) is 1. The number of piperazine rings is 1. The van der Waals surface area contributed by atoms with Gasteiger partial charge in [0.2, 0.25) is 0 Å². The van der Waals surface area contributed by atoms with Crippen molar-refractivity contribution in [2.75, 3.05) is 26.2 Å². The lowest BCUT2D eigenvalue weighted by molar-refractivity contribution is 0.0732. The van der Waals surface area contributed by atoms with Gasteiger partial charge in [0.15, 0.2) is 0 Å². The van der Waals surface area contributed by atoms with Crippen molar-refractivity contribution < 1.29 is 9.90 Å².